The molecule has 0 bridgehead atoms. The van der Waals surface area contributed by atoms with Crippen LogP contribution in [0, 0.1) is 10.1 Å². The third-order valence-electron chi connectivity index (χ3n) is 7.73. The number of hydrogen-bond donors (Lipinski definition) is 0. The molecule has 45 heavy (non-hydrogen) atoms. The zero-order valence-electron chi connectivity index (χ0n) is 25.0. The number of aryl methyl sites for hydroxylation is 2. The van der Waals surface area contributed by atoms with Gasteiger partial charge in [0.05, 0.1) is 21.2 Å². The molecule has 0 radical (unpaired) electrons. The van der Waals surface area contributed by atoms with E-state index in [4.69, 9.17) is 9.73 Å². The van der Waals surface area contributed by atoms with Crippen LogP contribution in [-0.4, -0.2) is 16.0 Å². The maximum Gasteiger partial charge on any atom is 0.271 e. The minimum Gasteiger partial charge on any atom is -0.488 e. The van der Waals surface area contributed by atoms with E-state index in [1.54, 1.807) is 17.0 Å². The molecule has 0 atom stereocenters. The number of thioether (sulfide) groups is 1. The van der Waals surface area contributed by atoms with E-state index in [0.717, 1.165) is 46.1 Å². The van der Waals surface area contributed by atoms with E-state index in [1.165, 1.54) is 35.0 Å². The zero-order chi connectivity index (χ0) is 31.3. The van der Waals surface area contributed by atoms with Crippen LogP contribution in [0.2, 0.25) is 0 Å². The molecule has 1 aliphatic rings. The van der Waals surface area contributed by atoms with Gasteiger partial charge < -0.3 is 4.74 Å². The molecule has 6 rings (SSSR count). The third kappa shape index (κ3) is 6.51. The first-order valence-electron chi connectivity index (χ1n) is 14.8. The van der Waals surface area contributed by atoms with Crippen molar-refractivity contribution in [2.24, 2.45) is 4.99 Å². The van der Waals surface area contributed by atoms with Crippen LogP contribution < -0.4 is 9.64 Å². The lowest BCUT2D eigenvalue weighted by Gasteiger charge is -2.16. The van der Waals surface area contributed by atoms with Gasteiger partial charge in [-0.25, -0.2) is 4.99 Å². The first-order valence-corrected chi connectivity index (χ1v) is 15.6. The van der Waals surface area contributed by atoms with Crippen LogP contribution in [0.5, 0.6) is 5.75 Å². The number of ether oxygens (including phenoxy) is 1. The molecule has 5 aromatic carbocycles. The molecule has 0 N–H and O–H groups in total. The highest BCUT2D eigenvalue weighted by atomic mass is 32.2. The van der Waals surface area contributed by atoms with Crippen molar-refractivity contribution in [3.8, 4) is 5.75 Å². The van der Waals surface area contributed by atoms with E-state index in [9.17, 15) is 14.9 Å². The molecule has 1 aliphatic heterocycles. The zero-order valence-corrected chi connectivity index (χ0v) is 25.8. The Morgan fingerprint density at radius 1 is 0.822 bits per heavy atom. The van der Waals surface area contributed by atoms with Crippen molar-refractivity contribution in [2.75, 3.05) is 4.90 Å². The number of carbonyl (C=O) groups is 1. The highest BCUT2D eigenvalue weighted by Gasteiger charge is 2.35. The van der Waals surface area contributed by atoms with Gasteiger partial charge in [-0.05, 0) is 101 Å². The Kier molecular flexibility index (Phi) is 8.75. The van der Waals surface area contributed by atoms with Crippen molar-refractivity contribution in [1.82, 2.24) is 0 Å². The molecule has 1 fully saturated rings. The summed E-state index contributed by atoms with van der Waals surface area (Å²) in [6.07, 6.45) is 3.73. The van der Waals surface area contributed by atoms with Crippen LogP contribution in [0.15, 0.2) is 119 Å². The lowest BCUT2D eigenvalue weighted by atomic mass is 10.0. The van der Waals surface area contributed by atoms with E-state index >= 15 is 0 Å². The first-order chi connectivity index (χ1) is 21.9. The van der Waals surface area contributed by atoms with Crippen molar-refractivity contribution < 1.29 is 14.5 Å². The molecular formula is C37H31N3O4S. The number of aliphatic imine (C=N–C) groups is 1. The Morgan fingerprint density at radius 2 is 1.47 bits per heavy atom. The summed E-state index contributed by atoms with van der Waals surface area (Å²) in [5.41, 5.74) is 5.54. The van der Waals surface area contributed by atoms with Gasteiger partial charge in [-0.1, -0.05) is 68.4 Å². The summed E-state index contributed by atoms with van der Waals surface area (Å²) in [5.74, 6) is 0.440. The number of benzene rings is 5. The summed E-state index contributed by atoms with van der Waals surface area (Å²) >= 11 is 1.34. The van der Waals surface area contributed by atoms with Gasteiger partial charge in [-0.15, -0.1) is 0 Å². The Bertz CT molecular complexity index is 1930. The number of nitrogens with zero attached hydrogens (tertiary/aromatic N) is 3. The minimum absolute atomic E-state index is 0.0271. The Balaban J connectivity index is 1.40. The summed E-state index contributed by atoms with van der Waals surface area (Å²) < 4.78 is 6.28. The summed E-state index contributed by atoms with van der Waals surface area (Å²) in [6, 6.07) is 34.2. The minimum atomic E-state index is -0.423. The highest BCUT2D eigenvalue weighted by molar-refractivity contribution is 8.19. The fraction of sp³-hybridized carbons (Fsp3) is 0.135. The van der Waals surface area contributed by atoms with Crippen LogP contribution in [-0.2, 0) is 24.2 Å². The fourth-order valence-electron chi connectivity index (χ4n) is 5.13. The number of fused-ring (bicyclic) bond motifs is 1. The van der Waals surface area contributed by atoms with E-state index in [1.807, 2.05) is 78.9 Å². The number of carbonyl (C=O) groups excluding carboxylic acids is 1. The lowest BCUT2D eigenvalue weighted by Crippen LogP contribution is -2.28. The van der Waals surface area contributed by atoms with Crippen LogP contribution >= 0.6 is 11.8 Å². The van der Waals surface area contributed by atoms with Crippen LogP contribution in [0.25, 0.3) is 16.8 Å². The van der Waals surface area contributed by atoms with Gasteiger partial charge in [0.1, 0.15) is 12.4 Å². The number of nitro groups is 1. The number of non-ortho nitro benzene ring substituents is 1. The molecule has 0 unspecified atom stereocenters. The van der Waals surface area contributed by atoms with Crippen molar-refractivity contribution in [3.05, 3.63) is 146 Å². The fourth-order valence-corrected chi connectivity index (χ4v) is 6.11. The Morgan fingerprint density at radius 3 is 2.13 bits per heavy atom. The first kappa shape index (κ1) is 29.8. The Hall–Kier alpha value is -5.21. The maximum absolute atomic E-state index is 14.1. The molecule has 1 heterocycles. The van der Waals surface area contributed by atoms with Gasteiger partial charge in [0, 0.05) is 17.7 Å². The van der Waals surface area contributed by atoms with E-state index in [0.29, 0.717) is 15.8 Å². The van der Waals surface area contributed by atoms with Crippen molar-refractivity contribution in [1.29, 1.82) is 0 Å². The van der Waals surface area contributed by atoms with Gasteiger partial charge in [0.15, 0.2) is 5.17 Å². The number of amidine groups is 1. The van der Waals surface area contributed by atoms with Crippen LogP contribution in [0.4, 0.5) is 17.1 Å². The van der Waals surface area contributed by atoms with E-state index in [-0.39, 0.29) is 18.2 Å². The molecule has 8 heteroatoms. The molecule has 1 saturated heterocycles. The van der Waals surface area contributed by atoms with Gasteiger partial charge in [0.25, 0.3) is 11.6 Å². The summed E-state index contributed by atoms with van der Waals surface area (Å²) in [7, 11) is 0. The molecule has 5 aromatic rings. The quantitative estimate of drug-likeness (QED) is 0.0940. The second kappa shape index (κ2) is 13.2. The molecule has 1 amide bonds. The molecule has 0 saturated carbocycles. The molecule has 0 aromatic heterocycles. The van der Waals surface area contributed by atoms with Gasteiger partial charge in [0.2, 0.25) is 0 Å². The molecular weight excluding hydrogens is 582 g/mol. The predicted molar refractivity (Wildman–Crippen MR) is 183 cm³/mol. The van der Waals surface area contributed by atoms with E-state index < -0.39 is 4.92 Å². The summed E-state index contributed by atoms with van der Waals surface area (Å²) in [5, 5.41) is 13.6. The van der Waals surface area contributed by atoms with Gasteiger partial charge in [-0.3, -0.25) is 19.8 Å². The molecule has 7 nitrogen and oxygen atoms in total. The average molecular weight is 614 g/mol. The van der Waals surface area contributed by atoms with Crippen molar-refractivity contribution in [2.45, 2.75) is 33.3 Å². The lowest BCUT2D eigenvalue weighted by molar-refractivity contribution is -0.384. The SMILES string of the molecule is CCc1ccc(N=C2S/C(=C\c3c(OCc4ccc([N+](=O)[O-])cc4)ccc4ccccc34)C(=O)N2c2ccc(CC)cc2)cc1. The van der Waals surface area contributed by atoms with Crippen LogP contribution in [0.1, 0.15) is 36.1 Å². The molecule has 224 valence electrons. The second-order valence-electron chi connectivity index (χ2n) is 10.6. The summed E-state index contributed by atoms with van der Waals surface area (Å²) in [4.78, 5) is 31.9. The largest absolute Gasteiger partial charge is 0.488 e. The van der Waals surface area contributed by atoms with Gasteiger partial charge >= 0.3 is 0 Å². The van der Waals surface area contributed by atoms with Gasteiger partial charge in [-0.2, -0.15) is 0 Å². The average Bonchev–Trinajstić information content (AvgIpc) is 3.38. The standard InChI is InChI=1S/C37H31N3O4S/c1-3-25-9-16-29(17-10-25)38-37-39(30-18-11-26(4-2)12-19-30)36(41)35(45-37)23-33-32-8-6-5-7-28(32)15-22-34(33)44-24-27-13-20-31(21-14-27)40(42)43/h5-23H,3-4,24H2,1-2H3/b35-23-,38-37?. The van der Waals surface area contributed by atoms with Crippen molar-refractivity contribution in [3.63, 3.8) is 0 Å². The molecule has 0 spiro atoms. The number of anilines is 1. The highest BCUT2D eigenvalue weighted by Crippen LogP contribution is 2.40. The number of nitro benzene ring substituents is 1. The van der Waals surface area contributed by atoms with E-state index in [2.05, 4.69) is 26.0 Å². The Labute approximate surface area is 266 Å². The molecule has 0 aliphatic carbocycles. The topological polar surface area (TPSA) is 85.0 Å². The number of amides is 1. The second-order valence-corrected chi connectivity index (χ2v) is 11.6. The maximum atomic E-state index is 14.1. The van der Waals surface area contributed by atoms with Crippen molar-refractivity contribution >= 4 is 56.7 Å². The normalized spacial score (nSPS) is 14.9. The predicted octanol–water partition coefficient (Wildman–Crippen LogP) is 9.26. The number of hydrogen-bond acceptors (Lipinski definition) is 6. The third-order valence-corrected chi connectivity index (χ3v) is 8.69. The summed E-state index contributed by atoms with van der Waals surface area (Å²) in [6.45, 7) is 4.43. The smallest absolute Gasteiger partial charge is 0.271 e. The van der Waals surface area contributed by atoms with Crippen LogP contribution in [0.3, 0.4) is 0 Å². The number of rotatable bonds is 9. The monoisotopic (exact) mass is 613 g/mol.